The first kappa shape index (κ1) is 10.4. The van der Waals surface area contributed by atoms with E-state index in [4.69, 9.17) is 16.9 Å². The molecule has 0 unspecified atom stereocenters. The van der Waals surface area contributed by atoms with E-state index in [1.165, 1.54) is 23.3 Å². The first-order valence-corrected chi connectivity index (χ1v) is 4.91. The van der Waals surface area contributed by atoms with Crippen molar-refractivity contribution in [3.63, 3.8) is 0 Å². The summed E-state index contributed by atoms with van der Waals surface area (Å²) in [6.07, 6.45) is 4.39. The third kappa shape index (κ3) is 2.27. The van der Waals surface area contributed by atoms with Crippen molar-refractivity contribution in [3.8, 4) is 17.5 Å². The van der Waals surface area contributed by atoms with Crippen LogP contribution >= 0.6 is 11.6 Å². The summed E-state index contributed by atoms with van der Waals surface area (Å²) in [6, 6.07) is 9.17. The molecule has 0 aliphatic heterocycles. The summed E-state index contributed by atoms with van der Waals surface area (Å²) >= 11 is 5.87. The summed E-state index contributed by atoms with van der Waals surface area (Å²) in [4.78, 5) is 4.11. The molecule has 0 fully saturated rings. The Bertz CT molecular complexity index is 565. The fourth-order valence-corrected chi connectivity index (χ4v) is 1.41. The van der Waals surface area contributed by atoms with Gasteiger partial charge in [-0.2, -0.15) is 5.26 Å². The predicted molar refractivity (Wildman–Crippen MR) is 61.4 cm³/mol. The fraction of sp³-hybridized carbons (Fsp3) is 0. The van der Waals surface area contributed by atoms with Gasteiger partial charge in [-0.25, -0.2) is 9.67 Å². The Kier molecular flexibility index (Phi) is 2.99. The maximum atomic E-state index is 8.37. The van der Waals surface area contributed by atoms with Crippen molar-refractivity contribution < 1.29 is 0 Å². The normalized spacial score (nSPS) is 10.5. The van der Waals surface area contributed by atoms with Gasteiger partial charge < -0.3 is 0 Å². The molecule has 2 aromatic rings. The van der Waals surface area contributed by atoms with E-state index >= 15 is 0 Å². The highest BCUT2D eigenvalue weighted by atomic mass is 35.5. The molecule has 0 atom stereocenters. The van der Waals surface area contributed by atoms with Gasteiger partial charge in [-0.3, -0.25) is 0 Å². The molecule has 1 aromatic carbocycles. The number of hydrogen-bond acceptors (Lipinski definition) is 3. The lowest BCUT2D eigenvalue weighted by Crippen LogP contribution is -1.87. The van der Waals surface area contributed by atoms with Crippen LogP contribution in [-0.4, -0.2) is 14.8 Å². The van der Waals surface area contributed by atoms with Crippen LogP contribution in [0.15, 0.2) is 36.7 Å². The zero-order valence-corrected chi connectivity index (χ0v) is 8.96. The van der Waals surface area contributed by atoms with Gasteiger partial charge >= 0.3 is 0 Å². The Labute approximate surface area is 97.4 Å². The van der Waals surface area contributed by atoms with Gasteiger partial charge in [-0.1, -0.05) is 23.7 Å². The Morgan fingerprint density at radius 2 is 2.31 bits per heavy atom. The molecule has 0 bridgehead atoms. The van der Waals surface area contributed by atoms with Gasteiger partial charge in [0.25, 0.3) is 0 Å². The van der Waals surface area contributed by atoms with E-state index in [0.717, 1.165) is 5.56 Å². The van der Waals surface area contributed by atoms with E-state index in [1.807, 2.05) is 18.2 Å². The molecule has 0 spiro atoms. The highest BCUT2D eigenvalue weighted by Gasteiger charge is 2.02. The molecule has 0 amide bonds. The number of benzene rings is 1. The van der Waals surface area contributed by atoms with E-state index in [2.05, 4.69) is 10.1 Å². The third-order valence-electron chi connectivity index (χ3n) is 1.89. The van der Waals surface area contributed by atoms with E-state index in [-0.39, 0.29) is 0 Å². The number of hydrogen-bond donors (Lipinski definition) is 0. The minimum Gasteiger partial charge on any atom is -0.227 e. The average molecular weight is 231 g/mol. The highest BCUT2D eigenvalue weighted by Crippen LogP contribution is 2.18. The number of nitriles is 1. The van der Waals surface area contributed by atoms with Gasteiger partial charge in [0.2, 0.25) is 0 Å². The lowest BCUT2D eigenvalue weighted by atomic mass is 10.2. The SMILES string of the molecule is N#C/C=C\n1cnc(-c2cccc(Cl)c2)n1. The molecule has 78 valence electrons. The van der Waals surface area contributed by atoms with Crippen LogP contribution in [0.5, 0.6) is 0 Å². The van der Waals surface area contributed by atoms with Gasteiger partial charge in [0, 0.05) is 22.9 Å². The molecule has 5 heteroatoms. The molecule has 1 aromatic heterocycles. The molecule has 0 aliphatic carbocycles. The van der Waals surface area contributed by atoms with Gasteiger partial charge in [0.1, 0.15) is 6.33 Å². The van der Waals surface area contributed by atoms with Crippen molar-refractivity contribution in [2.75, 3.05) is 0 Å². The second-order valence-corrected chi connectivity index (χ2v) is 3.44. The molecule has 0 saturated carbocycles. The Balaban J connectivity index is 2.32. The maximum Gasteiger partial charge on any atom is 0.181 e. The zero-order valence-electron chi connectivity index (χ0n) is 8.21. The Morgan fingerprint density at radius 3 is 3.06 bits per heavy atom. The van der Waals surface area contributed by atoms with Crippen LogP contribution < -0.4 is 0 Å². The highest BCUT2D eigenvalue weighted by molar-refractivity contribution is 6.30. The molecule has 0 aliphatic rings. The maximum absolute atomic E-state index is 8.37. The number of aromatic nitrogens is 3. The van der Waals surface area contributed by atoms with E-state index < -0.39 is 0 Å². The lowest BCUT2D eigenvalue weighted by Gasteiger charge is -1.94. The predicted octanol–water partition coefficient (Wildman–Crippen LogP) is 2.59. The summed E-state index contributed by atoms with van der Waals surface area (Å²) in [7, 11) is 0. The van der Waals surface area contributed by atoms with Crippen molar-refractivity contribution in [3.05, 3.63) is 41.7 Å². The summed E-state index contributed by atoms with van der Waals surface area (Å²) < 4.78 is 1.47. The summed E-state index contributed by atoms with van der Waals surface area (Å²) in [6.45, 7) is 0. The molecule has 2 rings (SSSR count). The standard InChI is InChI=1S/C11H7ClN4/c12-10-4-1-3-9(7-10)11-14-8-16(15-11)6-2-5-13/h1-4,6-8H/b6-2-. The Morgan fingerprint density at radius 1 is 1.44 bits per heavy atom. The van der Waals surface area contributed by atoms with Crippen molar-refractivity contribution in [1.82, 2.24) is 14.8 Å². The van der Waals surface area contributed by atoms with Crippen LogP contribution in [0.1, 0.15) is 0 Å². The number of nitrogens with zero attached hydrogens (tertiary/aromatic N) is 4. The Hall–Kier alpha value is -2.12. The second-order valence-electron chi connectivity index (χ2n) is 3.00. The van der Waals surface area contributed by atoms with Gasteiger partial charge in [0.15, 0.2) is 5.82 Å². The molecule has 0 N–H and O–H groups in total. The van der Waals surface area contributed by atoms with Crippen LogP contribution in [-0.2, 0) is 0 Å². The molecule has 0 radical (unpaired) electrons. The second kappa shape index (κ2) is 4.60. The topological polar surface area (TPSA) is 54.5 Å². The first-order chi connectivity index (χ1) is 7.79. The molecular weight excluding hydrogens is 224 g/mol. The third-order valence-corrected chi connectivity index (χ3v) is 2.13. The molecule has 0 saturated heterocycles. The first-order valence-electron chi connectivity index (χ1n) is 4.53. The van der Waals surface area contributed by atoms with Crippen LogP contribution in [0.3, 0.4) is 0 Å². The smallest absolute Gasteiger partial charge is 0.181 e. The minimum atomic E-state index is 0.574. The van der Waals surface area contributed by atoms with E-state index in [9.17, 15) is 0 Å². The zero-order chi connectivity index (χ0) is 11.4. The summed E-state index contributed by atoms with van der Waals surface area (Å²) in [5.41, 5.74) is 0.844. The van der Waals surface area contributed by atoms with Crippen LogP contribution in [0.2, 0.25) is 5.02 Å². The average Bonchev–Trinajstić information content (AvgIpc) is 2.75. The number of rotatable bonds is 2. The summed E-state index contributed by atoms with van der Waals surface area (Å²) in [5, 5.41) is 13.2. The monoisotopic (exact) mass is 230 g/mol. The van der Waals surface area contributed by atoms with Crippen LogP contribution in [0.25, 0.3) is 17.6 Å². The molecule has 1 heterocycles. The summed E-state index contributed by atoms with van der Waals surface area (Å²) in [5.74, 6) is 0.574. The number of allylic oxidation sites excluding steroid dienone is 1. The van der Waals surface area contributed by atoms with Crippen LogP contribution in [0, 0.1) is 11.3 Å². The van der Waals surface area contributed by atoms with Crippen molar-refractivity contribution in [2.45, 2.75) is 0 Å². The number of halogens is 1. The van der Waals surface area contributed by atoms with Crippen molar-refractivity contribution in [2.24, 2.45) is 0 Å². The van der Waals surface area contributed by atoms with Crippen molar-refractivity contribution in [1.29, 1.82) is 5.26 Å². The molecule has 16 heavy (non-hydrogen) atoms. The van der Waals surface area contributed by atoms with Crippen molar-refractivity contribution >= 4 is 17.8 Å². The van der Waals surface area contributed by atoms with Crippen LogP contribution in [0.4, 0.5) is 0 Å². The van der Waals surface area contributed by atoms with E-state index in [1.54, 1.807) is 12.1 Å². The largest absolute Gasteiger partial charge is 0.227 e. The minimum absolute atomic E-state index is 0.574. The lowest BCUT2D eigenvalue weighted by molar-refractivity contribution is 0.937. The molecular formula is C11H7ClN4. The quantitative estimate of drug-likeness (QED) is 0.745. The molecule has 4 nitrogen and oxygen atoms in total. The fourth-order valence-electron chi connectivity index (χ4n) is 1.22. The van der Waals surface area contributed by atoms with Gasteiger partial charge in [-0.15, -0.1) is 5.10 Å². The van der Waals surface area contributed by atoms with E-state index in [0.29, 0.717) is 10.8 Å². The van der Waals surface area contributed by atoms with Gasteiger partial charge in [-0.05, 0) is 12.1 Å². The van der Waals surface area contributed by atoms with Gasteiger partial charge in [0.05, 0.1) is 6.07 Å².